The van der Waals surface area contributed by atoms with Crippen molar-refractivity contribution in [3.05, 3.63) is 63.0 Å². The number of rotatable bonds is 7. The summed E-state index contributed by atoms with van der Waals surface area (Å²) in [6.45, 7) is 3.59. The standard InChI is InChI=1S/C21H24N6O3S/c1-12-13(2)31-21(23-12)24-16(28)11-27-10-15(6-7-17(27)29)20(30)25-18(14-4-5-14)19-22-8-9-26(19)3/h6-10,14,18H,4-5,11H2,1-3H3,(H,25,30)(H,23,24,28)/t18-/m1/s1. The van der Waals surface area contributed by atoms with Gasteiger partial charge in [0.1, 0.15) is 12.4 Å². The van der Waals surface area contributed by atoms with Crippen LogP contribution in [0.5, 0.6) is 0 Å². The van der Waals surface area contributed by atoms with Gasteiger partial charge in [0.05, 0.1) is 17.3 Å². The lowest BCUT2D eigenvalue weighted by Gasteiger charge is -2.18. The van der Waals surface area contributed by atoms with E-state index in [0.717, 1.165) is 29.2 Å². The summed E-state index contributed by atoms with van der Waals surface area (Å²) in [7, 11) is 1.90. The van der Waals surface area contributed by atoms with Gasteiger partial charge in [-0.15, -0.1) is 11.3 Å². The number of carbonyl (C=O) groups excluding carboxylic acids is 2. The fourth-order valence-corrected chi connectivity index (χ4v) is 4.18. The molecule has 1 aliphatic carbocycles. The molecule has 2 amide bonds. The molecule has 1 atom stereocenters. The number of carbonyl (C=O) groups is 2. The Morgan fingerprint density at radius 3 is 2.68 bits per heavy atom. The Kier molecular flexibility index (Phi) is 5.73. The minimum absolute atomic E-state index is 0.187. The largest absolute Gasteiger partial charge is 0.342 e. The summed E-state index contributed by atoms with van der Waals surface area (Å²) in [6.07, 6.45) is 7.04. The molecule has 2 N–H and O–H groups in total. The van der Waals surface area contributed by atoms with Gasteiger partial charge in [-0.25, -0.2) is 9.97 Å². The number of pyridine rings is 1. The number of aryl methyl sites for hydroxylation is 3. The zero-order chi connectivity index (χ0) is 22.1. The first kappa shape index (κ1) is 21.0. The van der Waals surface area contributed by atoms with Crippen LogP contribution in [0.25, 0.3) is 0 Å². The summed E-state index contributed by atoms with van der Waals surface area (Å²) in [5.41, 5.74) is 0.809. The molecule has 1 aliphatic rings. The Morgan fingerprint density at radius 1 is 1.29 bits per heavy atom. The molecule has 162 valence electrons. The predicted molar refractivity (Wildman–Crippen MR) is 117 cm³/mol. The molecule has 31 heavy (non-hydrogen) atoms. The SMILES string of the molecule is Cc1nc(NC(=O)Cn2cc(C(=O)N[C@@H](c3nccn3C)C3CC3)ccc2=O)sc1C. The van der Waals surface area contributed by atoms with Crippen LogP contribution in [0.3, 0.4) is 0 Å². The second-order valence-corrected chi connectivity index (χ2v) is 8.98. The first-order chi connectivity index (χ1) is 14.8. The number of imidazole rings is 1. The molecule has 3 heterocycles. The molecule has 0 unspecified atom stereocenters. The number of amides is 2. The Hall–Kier alpha value is -3.27. The molecule has 0 aliphatic heterocycles. The smallest absolute Gasteiger partial charge is 0.253 e. The fraction of sp³-hybridized carbons (Fsp3) is 0.381. The molecule has 0 saturated heterocycles. The first-order valence-electron chi connectivity index (χ1n) is 10.0. The molecular weight excluding hydrogens is 416 g/mol. The maximum absolute atomic E-state index is 12.9. The molecule has 3 aromatic heterocycles. The highest BCUT2D eigenvalue weighted by Crippen LogP contribution is 2.40. The number of hydrogen-bond acceptors (Lipinski definition) is 6. The Morgan fingerprint density at radius 2 is 2.06 bits per heavy atom. The van der Waals surface area contributed by atoms with Gasteiger partial charge in [0.2, 0.25) is 5.91 Å². The van der Waals surface area contributed by atoms with Crippen molar-refractivity contribution < 1.29 is 9.59 Å². The zero-order valence-electron chi connectivity index (χ0n) is 17.6. The average Bonchev–Trinajstić information content (AvgIpc) is 3.40. The summed E-state index contributed by atoms with van der Waals surface area (Å²) in [6, 6.07) is 2.59. The Balaban J connectivity index is 1.47. The van der Waals surface area contributed by atoms with Crippen LogP contribution in [0.1, 0.15) is 45.6 Å². The van der Waals surface area contributed by atoms with Gasteiger partial charge in [0, 0.05) is 36.6 Å². The van der Waals surface area contributed by atoms with E-state index in [1.165, 1.54) is 34.2 Å². The third-order valence-electron chi connectivity index (χ3n) is 5.35. The molecular formula is C21H24N6O3S. The molecule has 0 radical (unpaired) electrons. The van der Waals surface area contributed by atoms with Crippen LogP contribution in [-0.2, 0) is 18.4 Å². The minimum atomic E-state index is -0.378. The van der Waals surface area contributed by atoms with Gasteiger partial charge in [-0.1, -0.05) is 0 Å². The topological polar surface area (TPSA) is 111 Å². The second-order valence-electron chi connectivity index (χ2n) is 7.78. The molecule has 0 bridgehead atoms. The second kappa shape index (κ2) is 8.46. The maximum atomic E-state index is 12.9. The van der Waals surface area contributed by atoms with E-state index in [2.05, 4.69) is 20.6 Å². The monoisotopic (exact) mass is 440 g/mol. The van der Waals surface area contributed by atoms with E-state index in [-0.39, 0.29) is 30.0 Å². The fourth-order valence-electron chi connectivity index (χ4n) is 3.35. The highest BCUT2D eigenvalue weighted by molar-refractivity contribution is 7.15. The van der Waals surface area contributed by atoms with Crippen molar-refractivity contribution in [2.75, 3.05) is 5.32 Å². The quantitative estimate of drug-likeness (QED) is 0.585. The summed E-state index contributed by atoms with van der Waals surface area (Å²) in [4.78, 5) is 47.2. The molecule has 3 aromatic rings. The first-order valence-corrected chi connectivity index (χ1v) is 10.9. The van der Waals surface area contributed by atoms with Crippen LogP contribution in [0.2, 0.25) is 0 Å². The number of nitrogens with zero attached hydrogens (tertiary/aromatic N) is 4. The lowest BCUT2D eigenvalue weighted by Crippen LogP contribution is -2.33. The molecule has 10 heteroatoms. The third-order valence-corrected chi connectivity index (χ3v) is 6.34. The van der Waals surface area contributed by atoms with E-state index in [0.29, 0.717) is 16.6 Å². The molecule has 1 fully saturated rings. The Bertz CT molecular complexity index is 1170. The molecule has 0 aromatic carbocycles. The van der Waals surface area contributed by atoms with Crippen LogP contribution in [0, 0.1) is 19.8 Å². The van der Waals surface area contributed by atoms with Crippen LogP contribution in [0.15, 0.2) is 35.5 Å². The average molecular weight is 441 g/mol. The lowest BCUT2D eigenvalue weighted by molar-refractivity contribution is -0.116. The number of anilines is 1. The summed E-state index contributed by atoms with van der Waals surface area (Å²) in [5.74, 6) is 0.474. The van der Waals surface area contributed by atoms with Crippen molar-refractivity contribution in [3.63, 3.8) is 0 Å². The van der Waals surface area contributed by atoms with E-state index in [1.54, 1.807) is 6.20 Å². The van der Waals surface area contributed by atoms with Crippen molar-refractivity contribution in [3.8, 4) is 0 Å². The van der Waals surface area contributed by atoms with E-state index >= 15 is 0 Å². The highest BCUT2D eigenvalue weighted by atomic mass is 32.1. The van der Waals surface area contributed by atoms with E-state index in [4.69, 9.17) is 0 Å². The van der Waals surface area contributed by atoms with Gasteiger partial charge in [-0.2, -0.15) is 0 Å². The molecule has 0 spiro atoms. The van der Waals surface area contributed by atoms with Gasteiger partial charge in [0.25, 0.3) is 11.5 Å². The van der Waals surface area contributed by atoms with Crippen LogP contribution >= 0.6 is 11.3 Å². The lowest BCUT2D eigenvalue weighted by atomic mass is 10.1. The predicted octanol–water partition coefficient (Wildman–Crippen LogP) is 2.17. The summed E-state index contributed by atoms with van der Waals surface area (Å²) < 4.78 is 3.13. The van der Waals surface area contributed by atoms with Gasteiger partial charge >= 0.3 is 0 Å². The van der Waals surface area contributed by atoms with Crippen molar-refractivity contribution >= 4 is 28.3 Å². The van der Waals surface area contributed by atoms with Gasteiger partial charge in [-0.3, -0.25) is 14.4 Å². The van der Waals surface area contributed by atoms with Gasteiger partial charge < -0.3 is 19.8 Å². The van der Waals surface area contributed by atoms with E-state index in [1.807, 2.05) is 31.7 Å². The molecule has 1 saturated carbocycles. The summed E-state index contributed by atoms with van der Waals surface area (Å²) in [5, 5.41) is 6.24. The molecule has 9 nitrogen and oxygen atoms in total. The third kappa shape index (κ3) is 4.74. The summed E-state index contributed by atoms with van der Waals surface area (Å²) >= 11 is 1.38. The van der Waals surface area contributed by atoms with Crippen molar-refractivity contribution in [1.82, 2.24) is 24.4 Å². The number of nitrogens with one attached hydrogen (secondary N) is 2. The van der Waals surface area contributed by atoms with Crippen molar-refractivity contribution in [2.45, 2.75) is 39.3 Å². The van der Waals surface area contributed by atoms with Crippen molar-refractivity contribution in [1.29, 1.82) is 0 Å². The van der Waals surface area contributed by atoms with Gasteiger partial charge in [-0.05, 0) is 38.7 Å². The van der Waals surface area contributed by atoms with Crippen LogP contribution in [0.4, 0.5) is 5.13 Å². The highest BCUT2D eigenvalue weighted by Gasteiger charge is 2.35. The number of thiazole rings is 1. The van der Waals surface area contributed by atoms with Crippen LogP contribution < -0.4 is 16.2 Å². The number of hydrogen-bond donors (Lipinski definition) is 2. The zero-order valence-corrected chi connectivity index (χ0v) is 18.4. The van der Waals surface area contributed by atoms with E-state index < -0.39 is 0 Å². The van der Waals surface area contributed by atoms with Gasteiger partial charge in [0.15, 0.2) is 5.13 Å². The van der Waals surface area contributed by atoms with Crippen molar-refractivity contribution in [2.24, 2.45) is 13.0 Å². The maximum Gasteiger partial charge on any atom is 0.253 e. The normalized spacial score (nSPS) is 14.3. The Labute approximate surface area is 183 Å². The van der Waals surface area contributed by atoms with Crippen LogP contribution in [-0.4, -0.2) is 30.9 Å². The number of aromatic nitrogens is 4. The molecule has 4 rings (SSSR count). The minimum Gasteiger partial charge on any atom is -0.342 e. The van der Waals surface area contributed by atoms with E-state index in [9.17, 15) is 14.4 Å².